The number of hydrogen-bond acceptors (Lipinski definition) is 2. The summed E-state index contributed by atoms with van der Waals surface area (Å²) in [5.74, 6) is 0.892. The minimum atomic E-state index is 0.573. The molecule has 1 aliphatic carbocycles. The predicted octanol–water partition coefficient (Wildman–Crippen LogP) is 2.40. The van der Waals surface area contributed by atoms with Gasteiger partial charge >= 0.3 is 0 Å². The zero-order valence-corrected chi connectivity index (χ0v) is 10.7. The molecule has 0 saturated heterocycles. The molecule has 0 amide bonds. The van der Waals surface area contributed by atoms with Crippen LogP contribution in [0, 0.1) is 11.3 Å². The zero-order valence-electron chi connectivity index (χ0n) is 10.7. The Morgan fingerprint density at radius 2 is 1.87 bits per heavy atom. The van der Waals surface area contributed by atoms with Crippen molar-refractivity contribution in [2.24, 2.45) is 11.3 Å². The van der Waals surface area contributed by atoms with Crippen LogP contribution in [-0.2, 0) is 0 Å². The Morgan fingerprint density at radius 1 is 1.13 bits per heavy atom. The highest BCUT2D eigenvalue weighted by Gasteiger charge is 2.33. The lowest BCUT2D eigenvalue weighted by Gasteiger charge is -2.27. The molecule has 1 unspecified atom stereocenters. The first-order valence-corrected chi connectivity index (χ1v) is 6.58. The molecule has 1 atom stereocenters. The molecule has 0 heterocycles. The Hall–Kier alpha value is -0.0800. The van der Waals surface area contributed by atoms with E-state index in [1.54, 1.807) is 0 Å². The van der Waals surface area contributed by atoms with E-state index in [0.717, 1.165) is 25.6 Å². The Kier molecular flexibility index (Phi) is 5.62. The molecule has 2 N–H and O–H groups in total. The largest absolute Gasteiger partial charge is 0.315 e. The highest BCUT2D eigenvalue weighted by molar-refractivity contribution is 4.85. The lowest BCUT2D eigenvalue weighted by Crippen LogP contribution is -2.34. The van der Waals surface area contributed by atoms with Gasteiger partial charge in [-0.05, 0) is 43.7 Å². The van der Waals surface area contributed by atoms with Gasteiger partial charge in [0.2, 0.25) is 0 Å². The van der Waals surface area contributed by atoms with Gasteiger partial charge in [0.1, 0.15) is 0 Å². The molecule has 0 aromatic heterocycles. The van der Waals surface area contributed by atoms with E-state index in [1.807, 2.05) is 0 Å². The van der Waals surface area contributed by atoms with Crippen molar-refractivity contribution in [2.45, 2.75) is 46.5 Å². The van der Waals surface area contributed by atoms with E-state index in [2.05, 4.69) is 31.4 Å². The van der Waals surface area contributed by atoms with E-state index < -0.39 is 0 Å². The molecule has 1 saturated carbocycles. The minimum Gasteiger partial charge on any atom is -0.315 e. The topological polar surface area (TPSA) is 24.1 Å². The molecule has 0 aliphatic heterocycles. The zero-order chi connectivity index (χ0) is 11.1. The van der Waals surface area contributed by atoms with E-state index in [4.69, 9.17) is 0 Å². The van der Waals surface area contributed by atoms with Gasteiger partial charge in [0.05, 0.1) is 0 Å². The van der Waals surface area contributed by atoms with Crippen LogP contribution in [0.2, 0.25) is 0 Å². The maximum Gasteiger partial charge on any atom is 0.00768 e. The van der Waals surface area contributed by atoms with E-state index in [9.17, 15) is 0 Å². The molecule has 90 valence electrons. The summed E-state index contributed by atoms with van der Waals surface area (Å²) >= 11 is 0. The van der Waals surface area contributed by atoms with Crippen molar-refractivity contribution < 1.29 is 0 Å². The quantitative estimate of drug-likeness (QED) is 0.633. The first kappa shape index (κ1) is 13.0. The molecule has 0 aromatic rings. The van der Waals surface area contributed by atoms with Crippen LogP contribution in [-0.4, -0.2) is 26.2 Å². The first-order chi connectivity index (χ1) is 7.17. The second-order valence-corrected chi connectivity index (χ2v) is 5.53. The Labute approximate surface area is 95.2 Å². The van der Waals surface area contributed by atoms with Crippen molar-refractivity contribution in [3.8, 4) is 0 Å². The van der Waals surface area contributed by atoms with Gasteiger partial charge in [-0.3, -0.25) is 0 Å². The highest BCUT2D eigenvalue weighted by atomic mass is 14.9. The lowest BCUT2D eigenvalue weighted by molar-refractivity contribution is 0.252. The van der Waals surface area contributed by atoms with Crippen molar-refractivity contribution in [3.63, 3.8) is 0 Å². The summed E-state index contributed by atoms with van der Waals surface area (Å²) in [4.78, 5) is 0. The molecule has 0 aromatic carbocycles. The smallest absolute Gasteiger partial charge is 0.00768 e. The molecule has 0 spiro atoms. The second kappa shape index (κ2) is 6.49. The maximum absolute atomic E-state index is 3.58. The average molecular weight is 212 g/mol. The van der Waals surface area contributed by atoms with Gasteiger partial charge in [0, 0.05) is 13.1 Å². The van der Waals surface area contributed by atoms with Crippen LogP contribution in [0.25, 0.3) is 0 Å². The number of rotatable bonds is 7. The van der Waals surface area contributed by atoms with Crippen molar-refractivity contribution in [1.29, 1.82) is 0 Å². The van der Waals surface area contributed by atoms with Crippen molar-refractivity contribution >= 4 is 0 Å². The summed E-state index contributed by atoms with van der Waals surface area (Å²) in [5.41, 5.74) is 0.573. The fourth-order valence-corrected chi connectivity index (χ4v) is 2.53. The first-order valence-electron chi connectivity index (χ1n) is 6.58. The summed E-state index contributed by atoms with van der Waals surface area (Å²) in [7, 11) is 0. The fraction of sp³-hybridized carbons (Fsp3) is 1.00. The lowest BCUT2D eigenvalue weighted by atomic mass is 9.82. The van der Waals surface area contributed by atoms with Gasteiger partial charge in [-0.2, -0.15) is 0 Å². The predicted molar refractivity (Wildman–Crippen MR) is 67.2 cm³/mol. The normalized spacial score (nSPS) is 24.6. The van der Waals surface area contributed by atoms with Gasteiger partial charge in [0.25, 0.3) is 0 Å². The average Bonchev–Trinajstić information content (AvgIpc) is 2.52. The summed E-state index contributed by atoms with van der Waals surface area (Å²) in [6, 6.07) is 0. The standard InChI is InChI=1S/C13H28N2/c1-4-8-14-9-10-15-11-12-6-5-7-13(12,2)3/h12,14-15H,4-11H2,1-3H3. The van der Waals surface area contributed by atoms with Gasteiger partial charge in [0.15, 0.2) is 0 Å². The molecule has 1 fully saturated rings. The van der Waals surface area contributed by atoms with Crippen LogP contribution in [0.15, 0.2) is 0 Å². The Balaban J connectivity index is 2.00. The van der Waals surface area contributed by atoms with E-state index in [-0.39, 0.29) is 0 Å². The Bertz CT molecular complexity index is 166. The molecule has 0 radical (unpaired) electrons. The number of hydrogen-bond donors (Lipinski definition) is 2. The molecular weight excluding hydrogens is 184 g/mol. The molecule has 2 heteroatoms. The van der Waals surface area contributed by atoms with Crippen LogP contribution >= 0.6 is 0 Å². The van der Waals surface area contributed by atoms with E-state index in [0.29, 0.717) is 5.41 Å². The summed E-state index contributed by atoms with van der Waals surface area (Å²) in [6.07, 6.45) is 5.49. The van der Waals surface area contributed by atoms with Crippen molar-refractivity contribution in [2.75, 3.05) is 26.2 Å². The van der Waals surface area contributed by atoms with Gasteiger partial charge in [-0.15, -0.1) is 0 Å². The van der Waals surface area contributed by atoms with Gasteiger partial charge in [-0.1, -0.05) is 27.2 Å². The minimum absolute atomic E-state index is 0.573. The molecule has 1 aliphatic rings. The summed E-state index contributed by atoms with van der Waals surface area (Å²) in [5, 5.41) is 7.00. The molecule has 15 heavy (non-hydrogen) atoms. The van der Waals surface area contributed by atoms with E-state index >= 15 is 0 Å². The monoisotopic (exact) mass is 212 g/mol. The number of nitrogens with one attached hydrogen (secondary N) is 2. The van der Waals surface area contributed by atoms with Crippen LogP contribution < -0.4 is 10.6 Å². The fourth-order valence-electron chi connectivity index (χ4n) is 2.53. The highest BCUT2D eigenvalue weighted by Crippen LogP contribution is 2.41. The van der Waals surface area contributed by atoms with Crippen LogP contribution in [0.1, 0.15) is 46.5 Å². The van der Waals surface area contributed by atoms with Crippen LogP contribution in [0.3, 0.4) is 0 Å². The molecular formula is C13H28N2. The molecule has 1 rings (SSSR count). The molecule has 2 nitrogen and oxygen atoms in total. The SMILES string of the molecule is CCCNCCNCC1CCCC1(C)C. The van der Waals surface area contributed by atoms with E-state index in [1.165, 1.54) is 32.2 Å². The third-order valence-corrected chi connectivity index (χ3v) is 3.77. The van der Waals surface area contributed by atoms with Crippen molar-refractivity contribution in [3.05, 3.63) is 0 Å². The second-order valence-electron chi connectivity index (χ2n) is 5.53. The van der Waals surface area contributed by atoms with Crippen molar-refractivity contribution in [1.82, 2.24) is 10.6 Å². The van der Waals surface area contributed by atoms with Crippen LogP contribution in [0.4, 0.5) is 0 Å². The van der Waals surface area contributed by atoms with Crippen LogP contribution in [0.5, 0.6) is 0 Å². The third kappa shape index (κ3) is 4.52. The summed E-state index contributed by atoms with van der Waals surface area (Å²) < 4.78 is 0. The van der Waals surface area contributed by atoms with Gasteiger partial charge < -0.3 is 10.6 Å². The third-order valence-electron chi connectivity index (χ3n) is 3.77. The molecule has 0 bridgehead atoms. The van der Waals surface area contributed by atoms with Gasteiger partial charge in [-0.25, -0.2) is 0 Å². The maximum atomic E-state index is 3.58. The Morgan fingerprint density at radius 3 is 2.47 bits per heavy atom. The summed E-state index contributed by atoms with van der Waals surface area (Å²) in [6.45, 7) is 11.6.